The van der Waals surface area contributed by atoms with Crippen LogP contribution in [0.3, 0.4) is 0 Å². The van der Waals surface area contributed by atoms with E-state index in [9.17, 15) is 0 Å². The normalized spacial score (nSPS) is 21.6. The van der Waals surface area contributed by atoms with E-state index in [1.807, 2.05) is 19.1 Å². The van der Waals surface area contributed by atoms with Gasteiger partial charge in [0.2, 0.25) is 0 Å². The maximum atomic E-state index is 5.74. The summed E-state index contributed by atoms with van der Waals surface area (Å²) in [6.07, 6.45) is 2.54. The summed E-state index contributed by atoms with van der Waals surface area (Å²) in [5, 5.41) is 0. The van der Waals surface area contributed by atoms with E-state index in [1.54, 1.807) is 0 Å². The van der Waals surface area contributed by atoms with Gasteiger partial charge in [0, 0.05) is 12.6 Å². The molecule has 76 valence electrons. The van der Waals surface area contributed by atoms with Crippen LogP contribution in [0.25, 0.3) is 0 Å². The zero-order chi connectivity index (χ0) is 10.1. The highest BCUT2D eigenvalue weighted by molar-refractivity contribution is 5.51. The highest BCUT2D eigenvalue weighted by Gasteiger charge is 2.21. The summed E-state index contributed by atoms with van der Waals surface area (Å²) in [5.74, 6) is 1.07. The average Bonchev–Trinajstić information content (AvgIpc) is 2.57. The minimum atomic E-state index is 0.616. The quantitative estimate of drug-likeness (QED) is 0.737. The lowest BCUT2D eigenvalue weighted by Gasteiger charge is -2.22. The van der Waals surface area contributed by atoms with Crippen LogP contribution in [0.4, 0.5) is 11.5 Å². The van der Waals surface area contributed by atoms with E-state index in [0.717, 1.165) is 23.7 Å². The number of rotatable bonds is 1. The van der Waals surface area contributed by atoms with Crippen molar-refractivity contribution >= 4 is 11.5 Å². The molecule has 14 heavy (non-hydrogen) atoms. The van der Waals surface area contributed by atoms with Crippen molar-refractivity contribution in [2.75, 3.05) is 17.2 Å². The van der Waals surface area contributed by atoms with Crippen LogP contribution in [0.1, 0.15) is 25.5 Å². The number of anilines is 2. The van der Waals surface area contributed by atoms with Crippen LogP contribution < -0.4 is 10.6 Å². The molecule has 1 atom stereocenters. The topological polar surface area (TPSA) is 42.2 Å². The van der Waals surface area contributed by atoms with Gasteiger partial charge in [-0.1, -0.05) is 0 Å². The largest absolute Gasteiger partial charge is 0.397 e. The van der Waals surface area contributed by atoms with Gasteiger partial charge in [-0.15, -0.1) is 0 Å². The van der Waals surface area contributed by atoms with Crippen molar-refractivity contribution in [3.05, 3.63) is 17.8 Å². The minimum Gasteiger partial charge on any atom is -0.397 e. The fourth-order valence-corrected chi connectivity index (χ4v) is 1.99. The monoisotopic (exact) mass is 191 g/mol. The summed E-state index contributed by atoms with van der Waals surface area (Å²) in [4.78, 5) is 6.86. The Morgan fingerprint density at radius 1 is 1.50 bits per heavy atom. The summed E-state index contributed by atoms with van der Waals surface area (Å²) >= 11 is 0. The third-order valence-electron chi connectivity index (χ3n) is 2.96. The smallest absolute Gasteiger partial charge is 0.129 e. The van der Waals surface area contributed by atoms with E-state index in [2.05, 4.69) is 16.8 Å². The Morgan fingerprint density at radius 2 is 2.29 bits per heavy atom. The molecule has 0 unspecified atom stereocenters. The van der Waals surface area contributed by atoms with Crippen molar-refractivity contribution in [3.8, 4) is 0 Å². The van der Waals surface area contributed by atoms with Gasteiger partial charge in [-0.3, -0.25) is 0 Å². The fraction of sp³-hybridized carbons (Fsp3) is 0.545. The molecule has 3 heteroatoms. The zero-order valence-corrected chi connectivity index (χ0v) is 8.83. The van der Waals surface area contributed by atoms with Gasteiger partial charge in [-0.2, -0.15) is 0 Å². The fourth-order valence-electron chi connectivity index (χ4n) is 1.99. The second kappa shape index (κ2) is 3.48. The summed E-state index contributed by atoms with van der Waals surface area (Å²) < 4.78 is 0. The summed E-state index contributed by atoms with van der Waals surface area (Å²) in [7, 11) is 0. The Bertz CT molecular complexity index is 335. The predicted molar refractivity (Wildman–Crippen MR) is 59.4 cm³/mol. The van der Waals surface area contributed by atoms with Gasteiger partial charge in [-0.25, -0.2) is 4.98 Å². The summed E-state index contributed by atoms with van der Waals surface area (Å²) in [6, 6.07) is 4.58. The van der Waals surface area contributed by atoms with Crippen LogP contribution in [0.5, 0.6) is 0 Å². The number of hydrogen-bond donors (Lipinski definition) is 1. The Kier molecular flexibility index (Phi) is 2.32. The van der Waals surface area contributed by atoms with Crippen LogP contribution >= 0.6 is 0 Å². The zero-order valence-electron chi connectivity index (χ0n) is 8.83. The van der Waals surface area contributed by atoms with Crippen LogP contribution in [0, 0.1) is 6.92 Å². The lowest BCUT2D eigenvalue weighted by atomic mass is 10.2. The number of pyridine rings is 1. The lowest BCUT2D eigenvalue weighted by Crippen LogP contribution is -2.27. The molecule has 2 rings (SSSR count). The van der Waals surface area contributed by atoms with Crippen molar-refractivity contribution < 1.29 is 0 Å². The van der Waals surface area contributed by atoms with Crippen LogP contribution in [0.15, 0.2) is 12.1 Å². The molecule has 1 saturated heterocycles. The van der Waals surface area contributed by atoms with Gasteiger partial charge in [0.1, 0.15) is 5.82 Å². The molecule has 1 aliphatic rings. The lowest BCUT2D eigenvalue weighted by molar-refractivity contribution is 0.726. The molecule has 0 radical (unpaired) electrons. The maximum Gasteiger partial charge on any atom is 0.129 e. The maximum absolute atomic E-state index is 5.74. The molecule has 0 aromatic carbocycles. The van der Waals surface area contributed by atoms with Crippen molar-refractivity contribution in [1.82, 2.24) is 4.98 Å². The SMILES string of the molecule is Cc1nc(N2CCC[C@H]2C)ccc1N. The molecule has 0 amide bonds. The highest BCUT2D eigenvalue weighted by Crippen LogP contribution is 2.24. The van der Waals surface area contributed by atoms with Gasteiger partial charge >= 0.3 is 0 Å². The predicted octanol–water partition coefficient (Wildman–Crippen LogP) is 1.96. The van der Waals surface area contributed by atoms with E-state index >= 15 is 0 Å². The number of nitrogens with zero attached hydrogens (tertiary/aromatic N) is 2. The first kappa shape index (κ1) is 9.31. The van der Waals surface area contributed by atoms with Crippen molar-refractivity contribution in [3.63, 3.8) is 0 Å². The Hall–Kier alpha value is -1.25. The van der Waals surface area contributed by atoms with E-state index in [4.69, 9.17) is 5.73 Å². The molecule has 0 saturated carbocycles. The van der Waals surface area contributed by atoms with Gasteiger partial charge in [-0.05, 0) is 38.8 Å². The number of nitrogens with two attached hydrogens (primary N) is 1. The van der Waals surface area contributed by atoms with Crippen LogP contribution in [-0.4, -0.2) is 17.6 Å². The molecular formula is C11H17N3. The highest BCUT2D eigenvalue weighted by atomic mass is 15.2. The average molecular weight is 191 g/mol. The van der Waals surface area contributed by atoms with Gasteiger partial charge < -0.3 is 10.6 Å². The van der Waals surface area contributed by atoms with Gasteiger partial charge in [0.05, 0.1) is 11.4 Å². The van der Waals surface area contributed by atoms with E-state index in [-0.39, 0.29) is 0 Å². The standard InChI is InChI=1S/C11H17N3/c1-8-4-3-7-14(8)11-6-5-10(12)9(2)13-11/h5-6,8H,3-4,7,12H2,1-2H3/t8-/m1/s1. The molecular weight excluding hydrogens is 174 g/mol. The molecule has 3 nitrogen and oxygen atoms in total. The number of hydrogen-bond acceptors (Lipinski definition) is 3. The molecule has 0 spiro atoms. The Morgan fingerprint density at radius 3 is 2.86 bits per heavy atom. The van der Waals surface area contributed by atoms with Crippen molar-refractivity contribution in [2.24, 2.45) is 0 Å². The number of nitrogen functional groups attached to an aromatic ring is 1. The summed E-state index contributed by atoms with van der Waals surface area (Å²) in [5.41, 5.74) is 7.45. The number of aryl methyl sites for hydroxylation is 1. The van der Waals surface area contributed by atoms with E-state index in [0.29, 0.717) is 6.04 Å². The second-order valence-electron chi connectivity index (χ2n) is 4.03. The minimum absolute atomic E-state index is 0.616. The molecule has 2 heterocycles. The molecule has 2 N–H and O–H groups in total. The van der Waals surface area contributed by atoms with Crippen molar-refractivity contribution in [1.29, 1.82) is 0 Å². The molecule has 1 aromatic heterocycles. The first-order valence-electron chi connectivity index (χ1n) is 5.18. The van der Waals surface area contributed by atoms with Crippen molar-refractivity contribution in [2.45, 2.75) is 32.7 Å². The van der Waals surface area contributed by atoms with E-state index < -0.39 is 0 Å². The molecule has 0 aliphatic carbocycles. The van der Waals surface area contributed by atoms with Gasteiger partial charge in [0.15, 0.2) is 0 Å². The Balaban J connectivity index is 2.28. The van der Waals surface area contributed by atoms with Crippen LogP contribution in [-0.2, 0) is 0 Å². The first-order chi connectivity index (χ1) is 6.68. The Labute approximate surface area is 84.9 Å². The molecule has 1 aromatic rings. The molecule has 1 aliphatic heterocycles. The number of aromatic nitrogens is 1. The first-order valence-corrected chi connectivity index (χ1v) is 5.18. The van der Waals surface area contributed by atoms with Crippen LogP contribution in [0.2, 0.25) is 0 Å². The van der Waals surface area contributed by atoms with Gasteiger partial charge in [0.25, 0.3) is 0 Å². The third-order valence-corrected chi connectivity index (χ3v) is 2.96. The second-order valence-corrected chi connectivity index (χ2v) is 4.03. The molecule has 1 fully saturated rings. The van der Waals surface area contributed by atoms with E-state index in [1.165, 1.54) is 12.8 Å². The molecule has 0 bridgehead atoms. The third kappa shape index (κ3) is 1.54. The summed E-state index contributed by atoms with van der Waals surface area (Å²) in [6.45, 7) is 5.33.